The Balaban J connectivity index is 2.21. The van der Waals surface area contributed by atoms with Crippen molar-refractivity contribution in [1.82, 2.24) is 9.97 Å². The molecule has 1 aliphatic heterocycles. The van der Waals surface area contributed by atoms with Crippen molar-refractivity contribution in [1.29, 1.82) is 0 Å². The molecule has 0 unspecified atom stereocenters. The van der Waals surface area contributed by atoms with Crippen LogP contribution in [0, 0.1) is 0 Å². The second-order valence-corrected chi connectivity index (χ2v) is 3.28. The van der Waals surface area contributed by atoms with E-state index >= 15 is 0 Å². The summed E-state index contributed by atoms with van der Waals surface area (Å²) in [5, 5.41) is 1.18. The average Bonchev–Trinajstić information content (AvgIpc) is 2.69. The summed E-state index contributed by atoms with van der Waals surface area (Å²) >= 11 is 0. The van der Waals surface area contributed by atoms with Gasteiger partial charge in [-0.25, -0.2) is 14.8 Å². The Bertz CT molecular complexity index is 679. The first-order valence-corrected chi connectivity index (χ1v) is 4.72. The highest BCUT2D eigenvalue weighted by Gasteiger charge is 2.07. The first-order chi connectivity index (χ1) is 7.83. The highest BCUT2D eigenvalue weighted by atomic mass is 16.2. The van der Waals surface area contributed by atoms with Crippen LogP contribution in [0.15, 0.2) is 46.6 Å². The Kier molecular flexibility index (Phi) is 1.83. The number of urea groups is 1. The minimum Gasteiger partial charge on any atom is -0.244 e. The summed E-state index contributed by atoms with van der Waals surface area (Å²) in [6.07, 6.45) is 3.34. The molecule has 2 aromatic rings. The normalized spacial score (nSPS) is 12.9. The number of carbonyl (C=O) groups is 1. The zero-order valence-corrected chi connectivity index (χ0v) is 8.16. The monoisotopic (exact) mass is 210 g/mol. The van der Waals surface area contributed by atoms with Gasteiger partial charge < -0.3 is 0 Å². The van der Waals surface area contributed by atoms with Gasteiger partial charge in [0.15, 0.2) is 5.82 Å². The van der Waals surface area contributed by atoms with Gasteiger partial charge in [-0.2, -0.15) is 9.98 Å². The molecule has 0 atom stereocenters. The molecule has 1 aromatic carbocycles. The highest BCUT2D eigenvalue weighted by molar-refractivity contribution is 5.77. The van der Waals surface area contributed by atoms with Crippen LogP contribution in [-0.2, 0) is 0 Å². The molecule has 0 saturated heterocycles. The number of rotatable bonds is 1. The summed E-state index contributed by atoms with van der Waals surface area (Å²) < 4.78 is 0. The lowest BCUT2D eigenvalue weighted by Crippen LogP contribution is -2.21. The molecule has 0 N–H and O–H groups in total. The molecule has 5 heteroatoms. The molecule has 0 bridgehead atoms. The summed E-state index contributed by atoms with van der Waals surface area (Å²) in [7, 11) is 0. The zero-order valence-electron chi connectivity index (χ0n) is 8.16. The number of carbonyl (C=O) groups excluding carboxylic acids is 1. The van der Waals surface area contributed by atoms with Crippen LogP contribution in [0.3, 0.4) is 0 Å². The third kappa shape index (κ3) is 1.38. The molecule has 1 aliphatic rings. The Morgan fingerprint density at radius 1 is 0.938 bits per heavy atom. The van der Waals surface area contributed by atoms with Gasteiger partial charge in [-0.05, 0) is 24.3 Å². The molecule has 0 saturated carbocycles. The van der Waals surface area contributed by atoms with E-state index in [4.69, 9.17) is 0 Å². The maximum absolute atomic E-state index is 11.0. The van der Waals surface area contributed by atoms with Gasteiger partial charge in [0.05, 0.1) is 10.7 Å². The van der Waals surface area contributed by atoms with Gasteiger partial charge in [-0.1, -0.05) is 0 Å². The first kappa shape index (κ1) is 8.84. The van der Waals surface area contributed by atoms with E-state index < -0.39 is 6.03 Å². The van der Waals surface area contributed by atoms with Crippen LogP contribution in [0.4, 0.5) is 4.79 Å². The van der Waals surface area contributed by atoms with Crippen molar-refractivity contribution in [2.45, 2.75) is 0 Å². The van der Waals surface area contributed by atoms with Crippen molar-refractivity contribution in [3.63, 3.8) is 0 Å². The van der Waals surface area contributed by atoms with Crippen LogP contribution >= 0.6 is 0 Å². The Labute approximate surface area is 90.2 Å². The summed E-state index contributed by atoms with van der Waals surface area (Å²) in [5.41, 5.74) is 0.827. The van der Waals surface area contributed by atoms with Gasteiger partial charge >= 0.3 is 6.03 Å². The van der Waals surface area contributed by atoms with E-state index in [1.165, 1.54) is 0 Å². The van der Waals surface area contributed by atoms with E-state index in [2.05, 4.69) is 20.0 Å². The Hall–Kier alpha value is -2.43. The molecule has 2 heterocycles. The molecule has 3 rings (SSSR count). The fraction of sp³-hybridized carbons (Fsp3) is 0. The molecule has 2 amide bonds. The number of benzene rings is 1. The molecular formula is C11H6N4O. The molecule has 0 aliphatic carbocycles. The van der Waals surface area contributed by atoms with Crippen molar-refractivity contribution in [2.75, 3.05) is 0 Å². The van der Waals surface area contributed by atoms with E-state index in [1.54, 1.807) is 30.6 Å². The van der Waals surface area contributed by atoms with Crippen LogP contribution in [0.2, 0.25) is 0 Å². The number of fused-ring (bicyclic) bond motifs is 1. The minimum absolute atomic E-state index is 0.457. The van der Waals surface area contributed by atoms with E-state index in [1.807, 2.05) is 6.07 Å². The third-order valence-electron chi connectivity index (χ3n) is 2.23. The van der Waals surface area contributed by atoms with E-state index in [9.17, 15) is 4.79 Å². The van der Waals surface area contributed by atoms with Crippen LogP contribution in [0.1, 0.15) is 0 Å². The lowest BCUT2D eigenvalue weighted by Gasteiger charge is -1.96. The number of hydrogen-bond donors (Lipinski definition) is 0. The van der Waals surface area contributed by atoms with Crippen LogP contribution < -0.4 is 10.7 Å². The number of hydrogen-bond acceptors (Lipinski definition) is 3. The summed E-state index contributed by atoms with van der Waals surface area (Å²) in [5.74, 6) is 0.611. The van der Waals surface area contributed by atoms with Gasteiger partial charge in [-0.15, -0.1) is 0 Å². The predicted octanol–water partition coefficient (Wildman–Crippen LogP) is 0.516. The second-order valence-electron chi connectivity index (χ2n) is 3.28. The first-order valence-electron chi connectivity index (χ1n) is 4.72. The zero-order chi connectivity index (χ0) is 11.0. The van der Waals surface area contributed by atoms with Gasteiger partial charge in [-0.3, -0.25) is 0 Å². The molecular weight excluding hydrogens is 204 g/mol. The minimum atomic E-state index is -0.457. The van der Waals surface area contributed by atoms with Crippen LogP contribution in [0.5, 0.6) is 0 Å². The summed E-state index contributed by atoms with van der Waals surface area (Å²) in [4.78, 5) is 26.8. The Morgan fingerprint density at radius 2 is 1.69 bits per heavy atom. The maximum atomic E-state index is 11.0. The van der Waals surface area contributed by atoms with Gasteiger partial charge in [0.25, 0.3) is 0 Å². The fourth-order valence-corrected chi connectivity index (χ4v) is 1.53. The quantitative estimate of drug-likeness (QED) is 0.688. The van der Waals surface area contributed by atoms with Crippen molar-refractivity contribution in [2.24, 2.45) is 9.98 Å². The Morgan fingerprint density at radius 3 is 2.50 bits per heavy atom. The number of aromatic nitrogens is 2. The fourth-order valence-electron chi connectivity index (χ4n) is 1.53. The van der Waals surface area contributed by atoms with Gasteiger partial charge in [0.2, 0.25) is 0 Å². The molecule has 0 radical (unpaired) electrons. The number of nitrogens with zero attached hydrogens (tertiary/aromatic N) is 4. The third-order valence-corrected chi connectivity index (χ3v) is 2.23. The van der Waals surface area contributed by atoms with Crippen LogP contribution in [-0.4, -0.2) is 16.0 Å². The van der Waals surface area contributed by atoms with Crippen molar-refractivity contribution < 1.29 is 4.79 Å². The molecule has 0 fully saturated rings. The van der Waals surface area contributed by atoms with Crippen molar-refractivity contribution >= 4 is 6.03 Å². The number of amides is 2. The lowest BCUT2D eigenvalue weighted by atomic mass is 10.2. The van der Waals surface area contributed by atoms with E-state index in [0.717, 1.165) is 5.56 Å². The molecule has 5 nitrogen and oxygen atoms in total. The van der Waals surface area contributed by atoms with Crippen molar-refractivity contribution in [3.8, 4) is 11.4 Å². The molecule has 1 aromatic heterocycles. The average molecular weight is 210 g/mol. The topological polar surface area (TPSA) is 67.6 Å². The lowest BCUT2D eigenvalue weighted by molar-refractivity contribution is 0.256. The molecule has 16 heavy (non-hydrogen) atoms. The highest BCUT2D eigenvalue weighted by Crippen LogP contribution is 2.09. The second kappa shape index (κ2) is 3.30. The molecule has 76 valence electrons. The molecule has 0 spiro atoms. The SMILES string of the molecule is O=C1N=c2ccc(-c3ncccn3)cc2=N1. The largest absolute Gasteiger partial charge is 0.368 e. The van der Waals surface area contributed by atoms with E-state index in [-0.39, 0.29) is 0 Å². The standard InChI is InChI=1S/C11H6N4O/c16-11-14-8-3-2-7(6-9(8)15-11)10-12-4-1-5-13-10/h1-6H. The summed E-state index contributed by atoms with van der Waals surface area (Å²) in [6, 6.07) is 6.63. The maximum Gasteiger partial charge on any atom is 0.368 e. The van der Waals surface area contributed by atoms with Gasteiger partial charge in [0.1, 0.15) is 0 Å². The van der Waals surface area contributed by atoms with E-state index in [0.29, 0.717) is 16.5 Å². The van der Waals surface area contributed by atoms with Crippen molar-refractivity contribution in [3.05, 3.63) is 47.4 Å². The smallest absolute Gasteiger partial charge is 0.244 e. The summed E-state index contributed by atoms with van der Waals surface area (Å²) in [6.45, 7) is 0. The van der Waals surface area contributed by atoms with Crippen LogP contribution in [0.25, 0.3) is 11.4 Å². The van der Waals surface area contributed by atoms with Gasteiger partial charge in [0, 0.05) is 18.0 Å². The predicted molar refractivity (Wildman–Crippen MR) is 55.2 cm³/mol.